The Morgan fingerprint density at radius 3 is 2.70 bits per heavy atom. The highest BCUT2D eigenvalue weighted by Crippen LogP contribution is 2.31. The largest absolute Gasteiger partial charge is 0.394 e. The van der Waals surface area contributed by atoms with Crippen molar-refractivity contribution < 1.29 is 14.4 Å². The summed E-state index contributed by atoms with van der Waals surface area (Å²) in [6, 6.07) is 11.1. The number of aliphatic hydroxyl groups excluding tert-OH is 1. The van der Waals surface area contributed by atoms with Crippen LogP contribution in [0.15, 0.2) is 40.9 Å². The summed E-state index contributed by atoms with van der Waals surface area (Å²) in [6.07, 6.45) is 2.62. The van der Waals surface area contributed by atoms with E-state index in [1.807, 2.05) is 30.3 Å². The smallest absolute Gasteiger partial charge is 0.290 e. The molecule has 1 aromatic carbocycles. The number of aliphatic hydroxyl groups is 1. The number of carbonyl (C=O) groups excluding carboxylic acids is 1. The zero-order chi connectivity index (χ0) is 14.0. The quantitative estimate of drug-likeness (QED) is 0.892. The molecular weight excluding hydrogens is 256 g/mol. The summed E-state index contributed by atoms with van der Waals surface area (Å²) >= 11 is 0. The number of carbonyl (C=O) groups is 1. The van der Waals surface area contributed by atoms with Gasteiger partial charge in [-0.3, -0.25) is 4.79 Å². The van der Waals surface area contributed by atoms with Gasteiger partial charge in [-0.2, -0.15) is 0 Å². The van der Waals surface area contributed by atoms with E-state index in [0.29, 0.717) is 5.69 Å². The van der Waals surface area contributed by atoms with Crippen LogP contribution in [0, 0.1) is 0 Å². The van der Waals surface area contributed by atoms with Crippen LogP contribution in [0.4, 0.5) is 0 Å². The van der Waals surface area contributed by atoms with Crippen molar-refractivity contribution in [3.63, 3.8) is 0 Å². The van der Waals surface area contributed by atoms with E-state index in [4.69, 9.17) is 4.52 Å². The van der Waals surface area contributed by atoms with Gasteiger partial charge in [-0.1, -0.05) is 35.5 Å². The van der Waals surface area contributed by atoms with Crippen LogP contribution in [0.1, 0.15) is 29.8 Å². The fourth-order valence-electron chi connectivity index (χ4n) is 2.36. The molecule has 1 fully saturated rings. The van der Waals surface area contributed by atoms with Gasteiger partial charge < -0.3 is 14.9 Å². The number of nitrogens with zero attached hydrogens (tertiary/aromatic N) is 1. The average molecular weight is 272 g/mol. The molecule has 1 aliphatic carbocycles. The van der Waals surface area contributed by atoms with Crippen LogP contribution in [0.5, 0.6) is 0 Å². The molecule has 0 spiro atoms. The van der Waals surface area contributed by atoms with Crippen molar-refractivity contribution in [1.82, 2.24) is 10.5 Å². The molecule has 20 heavy (non-hydrogen) atoms. The van der Waals surface area contributed by atoms with Gasteiger partial charge in [0.25, 0.3) is 5.91 Å². The van der Waals surface area contributed by atoms with E-state index in [2.05, 4.69) is 10.5 Å². The first-order valence-corrected chi connectivity index (χ1v) is 6.68. The highest BCUT2D eigenvalue weighted by molar-refractivity contribution is 5.93. The minimum atomic E-state index is -0.475. The molecule has 1 heterocycles. The van der Waals surface area contributed by atoms with Gasteiger partial charge in [0.15, 0.2) is 0 Å². The molecule has 5 nitrogen and oxygen atoms in total. The van der Waals surface area contributed by atoms with Crippen molar-refractivity contribution in [3.05, 3.63) is 42.2 Å². The van der Waals surface area contributed by atoms with Gasteiger partial charge in [0.2, 0.25) is 5.76 Å². The molecule has 0 unspecified atom stereocenters. The third kappa shape index (κ3) is 2.32. The van der Waals surface area contributed by atoms with Crippen LogP contribution in [0.2, 0.25) is 0 Å². The second-order valence-corrected chi connectivity index (χ2v) is 5.19. The third-order valence-corrected chi connectivity index (χ3v) is 3.80. The molecule has 1 saturated carbocycles. The normalized spacial score (nSPS) is 16.4. The molecule has 0 saturated heterocycles. The minimum Gasteiger partial charge on any atom is -0.394 e. The fourth-order valence-corrected chi connectivity index (χ4v) is 2.36. The van der Waals surface area contributed by atoms with Gasteiger partial charge in [0.1, 0.15) is 5.69 Å². The van der Waals surface area contributed by atoms with Crippen LogP contribution in [-0.4, -0.2) is 28.3 Å². The molecule has 0 atom stereocenters. The van der Waals surface area contributed by atoms with E-state index < -0.39 is 5.54 Å². The Morgan fingerprint density at radius 1 is 1.35 bits per heavy atom. The van der Waals surface area contributed by atoms with E-state index in [9.17, 15) is 9.90 Å². The molecule has 0 bridgehead atoms. The molecule has 2 aromatic rings. The maximum Gasteiger partial charge on any atom is 0.290 e. The van der Waals surface area contributed by atoms with Gasteiger partial charge in [0.05, 0.1) is 12.1 Å². The van der Waals surface area contributed by atoms with E-state index in [1.54, 1.807) is 6.07 Å². The number of benzene rings is 1. The zero-order valence-electron chi connectivity index (χ0n) is 11.0. The van der Waals surface area contributed by atoms with Gasteiger partial charge in [-0.25, -0.2) is 0 Å². The van der Waals surface area contributed by atoms with Crippen molar-refractivity contribution in [2.75, 3.05) is 6.61 Å². The topological polar surface area (TPSA) is 75.4 Å². The lowest BCUT2D eigenvalue weighted by Gasteiger charge is -2.40. The monoisotopic (exact) mass is 272 g/mol. The first-order chi connectivity index (χ1) is 9.72. The molecule has 0 radical (unpaired) electrons. The summed E-state index contributed by atoms with van der Waals surface area (Å²) in [4.78, 5) is 12.1. The molecule has 104 valence electrons. The lowest BCUT2D eigenvalue weighted by atomic mass is 9.77. The summed E-state index contributed by atoms with van der Waals surface area (Å²) in [5, 5.41) is 16.1. The third-order valence-electron chi connectivity index (χ3n) is 3.80. The maximum absolute atomic E-state index is 12.1. The van der Waals surface area contributed by atoms with Crippen molar-refractivity contribution in [2.24, 2.45) is 0 Å². The number of nitrogens with one attached hydrogen (secondary N) is 1. The van der Waals surface area contributed by atoms with Crippen molar-refractivity contribution >= 4 is 5.91 Å². The minimum absolute atomic E-state index is 0.0432. The summed E-state index contributed by atoms with van der Waals surface area (Å²) in [5.74, 6) is -0.156. The number of hydrogen-bond acceptors (Lipinski definition) is 4. The standard InChI is InChI=1S/C15H16N2O3/c18-10-15(7-4-8-15)16-14(19)13-9-12(17-20-13)11-5-2-1-3-6-11/h1-3,5-6,9,18H,4,7-8,10H2,(H,16,19). The van der Waals surface area contributed by atoms with Gasteiger partial charge in [-0.15, -0.1) is 0 Å². The Labute approximate surface area is 116 Å². The molecule has 5 heteroatoms. The summed E-state index contributed by atoms with van der Waals surface area (Å²) < 4.78 is 5.10. The van der Waals surface area contributed by atoms with Crippen LogP contribution >= 0.6 is 0 Å². The van der Waals surface area contributed by atoms with E-state index in [1.165, 1.54) is 0 Å². The molecule has 1 aromatic heterocycles. The number of rotatable bonds is 4. The second-order valence-electron chi connectivity index (χ2n) is 5.19. The lowest BCUT2D eigenvalue weighted by Crippen LogP contribution is -2.56. The molecule has 2 N–H and O–H groups in total. The predicted octanol–water partition coefficient (Wildman–Crippen LogP) is 1.99. The Kier molecular flexibility index (Phi) is 3.28. The summed E-state index contributed by atoms with van der Waals surface area (Å²) in [6.45, 7) is -0.0432. The maximum atomic E-state index is 12.1. The predicted molar refractivity (Wildman–Crippen MR) is 73.1 cm³/mol. The van der Waals surface area contributed by atoms with E-state index >= 15 is 0 Å². The molecule has 0 aliphatic heterocycles. The Balaban J connectivity index is 1.75. The first kappa shape index (κ1) is 12.9. The zero-order valence-corrected chi connectivity index (χ0v) is 11.0. The number of aromatic nitrogens is 1. The van der Waals surface area contributed by atoms with E-state index in [0.717, 1.165) is 24.8 Å². The van der Waals surface area contributed by atoms with E-state index in [-0.39, 0.29) is 18.3 Å². The summed E-state index contributed by atoms with van der Waals surface area (Å²) in [5.41, 5.74) is 1.05. The number of amides is 1. The van der Waals surface area contributed by atoms with Crippen molar-refractivity contribution in [1.29, 1.82) is 0 Å². The van der Waals surface area contributed by atoms with Gasteiger partial charge in [0, 0.05) is 11.6 Å². The fraction of sp³-hybridized carbons (Fsp3) is 0.333. The SMILES string of the molecule is O=C(NC1(CO)CCC1)c1cc(-c2ccccc2)no1. The van der Waals surface area contributed by atoms with Crippen LogP contribution in [-0.2, 0) is 0 Å². The highest BCUT2D eigenvalue weighted by atomic mass is 16.5. The molecular formula is C15H16N2O3. The molecule has 1 amide bonds. The average Bonchev–Trinajstić information content (AvgIpc) is 2.93. The van der Waals surface area contributed by atoms with Crippen LogP contribution in [0.25, 0.3) is 11.3 Å². The van der Waals surface area contributed by atoms with Gasteiger partial charge in [-0.05, 0) is 19.3 Å². The lowest BCUT2D eigenvalue weighted by molar-refractivity contribution is 0.0613. The highest BCUT2D eigenvalue weighted by Gasteiger charge is 2.38. The summed E-state index contributed by atoms with van der Waals surface area (Å²) in [7, 11) is 0. The Hall–Kier alpha value is -2.14. The molecule has 3 rings (SSSR count). The first-order valence-electron chi connectivity index (χ1n) is 6.68. The number of hydrogen-bond donors (Lipinski definition) is 2. The van der Waals surface area contributed by atoms with Gasteiger partial charge >= 0.3 is 0 Å². The van der Waals surface area contributed by atoms with Crippen LogP contribution in [0.3, 0.4) is 0 Å². The Bertz CT molecular complexity index is 597. The van der Waals surface area contributed by atoms with Crippen molar-refractivity contribution in [2.45, 2.75) is 24.8 Å². The second kappa shape index (κ2) is 5.09. The van der Waals surface area contributed by atoms with Crippen molar-refractivity contribution in [3.8, 4) is 11.3 Å². The molecule has 1 aliphatic rings. The van der Waals surface area contributed by atoms with Crippen LogP contribution < -0.4 is 5.32 Å². The Morgan fingerprint density at radius 2 is 2.10 bits per heavy atom.